The van der Waals surface area contributed by atoms with Crippen LogP contribution in [0.2, 0.25) is 0 Å². The van der Waals surface area contributed by atoms with Crippen molar-refractivity contribution in [2.45, 2.75) is 29.6 Å². The summed E-state index contributed by atoms with van der Waals surface area (Å²) < 4.78 is 40.5. The summed E-state index contributed by atoms with van der Waals surface area (Å²) in [4.78, 5) is 23.9. The van der Waals surface area contributed by atoms with E-state index < -0.39 is 33.7 Å². The van der Waals surface area contributed by atoms with E-state index in [0.717, 1.165) is 11.3 Å². The largest absolute Gasteiger partial charge is 0.346 e. The van der Waals surface area contributed by atoms with Crippen molar-refractivity contribution in [3.8, 4) is 0 Å². The lowest BCUT2D eigenvalue weighted by atomic mass is 10.2. The molecule has 2 heterocycles. The van der Waals surface area contributed by atoms with E-state index in [1.54, 1.807) is 23.6 Å². The molecule has 1 aliphatic heterocycles. The van der Waals surface area contributed by atoms with Gasteiger partial charge in [-0.3, -0.25) is 9.59 Å². The van der Waals surface area contributed by atoms with Crippen LogP contribution in [0, 0.1) is 5.82 Å². The normalized spacial score (nSPS) is 17.4. The predicted octanol–water partition coefficient (Wildman–Crippen LogP) is 1.47. The first kappa shape index (κ1) is 20.4. The van der Waals surface area contributed by atoms with Crippen molar-refractivity contribution in [1.29, 1.82) is 0 Å². The second kappa shape index (κ2) is 8.80. The minimum absolute atomic E-state index is 0.0383. The molecule has 7 nitrogen and oxygen atoms in total. The van der Waals surface area contributed by atoms with Gasteiger partial charge in [-0.2, -0.15) is 4.31 Å². The number of carbonyl (C=O) groups is 2. The van der Waals surface area contributed by atoms with Crippen molar-refractivity contribution in [2.75, 3.05) is 13.1 Å². The van der Waals surface area contributed by atoms with Crippen molar-refractivity contribution in [3.63, 3.8) is 0 Å². The summed E-state index contributed by atoms with van der Waals surface area (Å²) in [6, 6.07) is 8.76. The molecule has 0 radical (unpaired) electrons. The molecule has 0 unspecified atom stereocenters. The van der Waals surface area contributed by atoms with Crippen LogP contribution >= 0.6 is 11.3 Å². The SMILES string of the molecule is O=C(NCc1ccccc1F)C(=O)NC[C@H]1CCCN1S(=O)(=O)c1cccs1. The van der Waals surface area contributed by atoms with Gasteiger partial charge in [0.25, 0.3) is 10.0 Å². The zero-order valence-corrected chi connectivity index (χ0v) is 16.6. The summed E-state index contributed by atoms with van der Waals surface area (Å²) in [7, 11) is -3.61. The molecule has 1 aromatic heterocycles. The Morgan fingerprint density at radius 1 is 1.14 bits per heavy atom. The van der Waals surface area contributed by atoms with Gasteiger partial charge in [-0.25, -0.2) is 12.8 Å². The second-order valence-corrected chi connectivity index (χ2v) is 9.39. The number of benzene rings is 1. The van der Waals surface area contributed by atoms with Gasteiger partial charge in [-0.05, 0) is 30.4 Å². The Hall–Kier alpha value is -2.30. The first-order valence-electron chi connectivity index (χ1n) is 8.74. The molecule has 1 aromatic carbocycles. The molecule has 1 fully saturated rings. The third kappa shape index (κ3) is 4.57. The lowest BCUT2D eigenvalue weighted by Gasteiger charge is -2.23. The fourth-order valence-electron chi connectivity index (χ4n) is 3.04. The van der Waals surface area contributed by atoms with Crippen LogP contribution < -0.4 is 10.6 Å². The number of sulfonamides is 1. The molecular weight excluding hydrogens is 405 g/mol. The van der Waals surface area contributed by atoms with Gasteiger partial charge in [0.05, 0.1) is 0 Å². The predicted molar refractivity (Wildman–Crippen MR) is 102 cm³/mol. The van der Waals surface area contributed by atoms with E-state index in [2.05, 4.69) is 10.6 Å². The Morgan fingerprint density at radius 2 is 1.89 bits per heavy atom. The summed E-state index contributed by atoms with van der Waals surface area (Å²) in [6.07, 6.45) is 1.28. The summed E-state index contributed by atoms with van der Waals surface area (Å²) in [5, 5.41) is 6.53. The molecule has 0 saturated carbocycles. The highest BCUT2D eigenvalue weighted by Gasteiger charge is 2.36. The molecule has 1 atom stereocenters. The highest BCUT2D eigenvalue weighted by Crippen LogP contribution is 2.28. The Bertz CT molecular complexity index is 948. The fourth-order valence-corrected chi connectivity index (χ4v) is 5.86. The molecule has 2 aromatic rings. The van der Waals surface area contributed by atoms with Crippen LogP contribution in [0.25, 0.3) is 0 Å². The van der Waals surface area contributed by atoms with Crippen molar-refractivity contribution < 1.29 is 22.4 Å². The molecule has 0 spiro atoms. The summed E-state index contributed by atoms with van der Waals surface area (Å²) in [5.74, 6) is -2.24. The van der Waals surface area contributed by atoms with Gasteiger partial charge in [-0.1, -0.05) is 24.3 Å². The summed E-state index contributed by atoms with van der Waals surface area (Å²) >= 11 is 1.14. The van der Waals surface area contributed by atoms with Crippen LogP contribution in [0.1, 0.15) is 18.4 Å². The van der Waals surface area contributed by atoms with E-state index in [1.165, 1.54) is 22.5 Å². The molecule has 1 saturated heterocycles. The van der Waals surface area contributed by atoms with E-state index in [0.29, 0.717) is 19.4 Å². The molecule has 2 amide bonds. The lowest BCUT2D eigenvalue weighted by Crippen LogP contribution is -2.46. The third-order valence-corrected chi connectivity index (χ3v) is 7.81. The van der Waals surface area contributed by atoms with Gasteiger partial charge in [0, 0.05) is 31.2 Å². The number of thiophene rings is 1. The van der Waals surface area contributed by atoms with Crippen LogP contribution in [0.15, 0.2) is 46.0 Å². The minimum Gasteiger partial charge on any atom is -0.346 e. The zero-order valence-electron chi connectivity index (χ0n) is 14.9. The molecule has 28 heavy (non-hydrogen) atoms. The molecule has 0 bridgehead atoms. The molecule has 0 aliphatic carbocycles. The van der Waals surface area contributed by atoms with Gasteiger partial charge < -0.3 is 10.6 Å². The standard InChI is InChI=1S/C18H20FN3O4S2/c19-15-7-2-1-5-13(15)11-20-17(23)18(24)21-12-14-6-3-9-22(14)28(25,26)16-8-4-10-27-16/h1-2,4-5,7-8,10,14H,3,6,9,11-12H2,(H,20,23)(H,21,24)/t14-/m1/s1. The van der Waals surface area contributed by atoms with Gasteiger partial charge in [-0.15, -0.1) is 11.3 Å². The number of hydrogen-bond donors (Lipinski definition) is 2. The van der Waals surface area contributed by atoms with Gasteiger partial charge in [0.2, 0.25) is 0 Å². The Morgan fingerprint density at radius 3 is 2.61 bits per heavy atom. The van der Waals surface area contributed by atoms with Crippen molar-refractivity contribution in [3.05, 3.63) is 53.2 Å². The van der Waals surface area contributed by atoms with Crippen LogP contribution in [0.4, 0.5) is 4.39 Å². The minimum atomic E-state index is -3.61. The monoisotopic (exact) mass is 425 g/mol. The smallest absolute Gasteiger partial charge is 0.309 e. The first-order chi connectivity index (χ1) is 13.4. The number of rotatable bonds is 6. The Balaban J connectivity index is 1.53. The van der Waals surface area contributed by atoms with E-state index in [4.69, 9.17) is 0 Å². The van der Waals surface area contributed by atoms with Crippen molar-refractivity contribution >= 4 is 33.2 Å². The van der Waals surface area contributed by atoms with Crippen LogP contribution in [-0.2, 0) is 26.2 Å². The summed E-state index contributed by atoms with van der Waals surface area (Å²) in [6.45, 7) is 0.304. The summed E-state index contributed by atoms with van der Waals surface area (Å²) in [5.41, 5.74) is 0.271. The van der Waals surface area contributed by atoms with Crippen LogP contribution in [0.5, 0.6) is 0 Å². The highest BCUT2D eigenvalue weighted by atomic mass is 32.2. The molecular formula is C18H20FN3O4S2. The first-order valence-corrected chi connectivity index (χ1v) is 11.1. The number of hydrogen-bond acceptors (Lipinski definition) is 5. The number of nitrogens with one attached hydrogen (secondary N) is 2. The van der Waals surface area contributed by atoms with Crippen molar-refractivity contribution in [1.82, 2.24) is 14.9 Å². The van der Waals surface area contributed by atoms with E-state index in [9.17, 15) is 22.4 Å². The quantitative estimate of drug-likeness (QED) is 0.685. The maximum atomic E-state index is 13.6. The number of nitrogens with zero attached hydrogens (tertiary/aromatic N) is 1. The van der Waals surface area contributed by atoms with Gasteiger partial charge >= 0.3 is 11.8 Å². The molecule has 10 heteroatoms. The molecule has 3 rings (SSSR count). The van der Waals surface area contributed by atoms with Gasteiger partial charge in [0.1, 0.15) is 10.0 Å². The van der Waals surface area contributed by atoms with Crippen LogP contribution in [-0.4, -0.2) is 43.7 Å². The molecule has 150 valence electrons. The maximum Gasteiger partial charge on any atom is 0.309 e. The highest BCUT2D eigenvalue weighted by molar-refractivity contribution is 7.91. The maximum absolute atomic E-state index is 13.6. The fraction of sp³-hybridized carbons (Fsp3) is 0.333. The topological polar surface area (TPSA) is 95.6 Å². The number of halogens is 1. The third-order valence-electron chi connectivity index (χ3n) is 4.48. The van der Waals surface area contributed by atoms with Crippen molar-refractivity contribution in [2.24, 2.45) is 0 Å². The Labute approximate surface area is 166 Å². The van der Waals surface area contributed by atoms with E-state index >= 15 is 0 Å². The number of amides is 2. The lowest BCUT2D eigenvalue weighted by molar-refractivity contribution is -0.139. The van der Waals surface area contributed by atoms with Gasteiger partial charge in [0.15, 0.2) is 0 Å². The Kier molecular flexibility index (Phi) is 6.42. The average molecular weight is 426 g/mol. The average Bonchev–Trinajstić information content (AvgIpc) is 3.37. The zero-order chi connectivity index (χ0) is 20.1. The number of carbonyl (C=O) groups excluding carboxylic acids is 2. The molecule has 2 N–H and O–H groups in total. The molecule has 1 aliphatic rings. The van der Waals surface area contributed by atoms with E-state index in [1.807, 2.05) is 0 Å². The van der Waals surface area contributed by atoms with E-state index in [-0.39, 0.29) is 22.9 Å². The second-order valence-electron chi connectivity index (χ2n) is 6.33. The van der Waals surface area contributed by atoms with Crippen LogP contribution in [0.3, 0.4) is 0 Å².